The van der Waals surface area contributed by atoms with E-state index in [1.54, 1.807) is 66.9 Å². The molecular formula is C24H25NO6. The van der Waals surface area contributed by atoms with Gasteiger partial charge >= 0.3 is 5.97 Å². The average molecular weight is 424 g/mol. The Morgan fingerprint density at radius 2 is 1.77 bits per heavy atom. The zero-order chi connectivity index (χ0) is 22.9. The molecule has 0 saturated carbocycles. The standard InChI is InChI=1S/C24H25NO6/c26-23(27)10-2-1-5-15-30-22-8-4-3-7-20(22)17-25(29)24(28)19-13-11-18(12-14-19)21-9-6-16-31-21/h3-4,6-9,11-14,16,29H,1-2,5,10,15,17H2,(H,26,27)/i17D. The number of amides is 1. The molecule has 1 amide bonds. The molecule has 0 radical (unpaired) electrons. The summed E-state index contributed by atoms with van der Waals surface area (Å²) >= 11 is 0. The minimum absolute atomic E-state index is 0.120. The molecule has 1 unspecified atom stereocenters. The number of carboxylic acids is 1. The SMILES string of the molecule is [2H]C(c1ccccc1OCCCCCC(=O)O)N(O)C(=O)c1ccc(-c2ccco2)cc1. The number of para-hydroxylation sites is 1. The highest BCUT2D eigenvalue weighted by Crippen LogP contribution is 2.23. The van der Waals surface area contributed by atoms with Gasteiger partial charge < -0.3 is 14.3 Å². The quantitative estimate of drug-likeness (QED) is 0.255. The zero-order valence-electron chi connectivity index (χ0n) is 17.9. The Balaban J connectivity index is 1.61. The third-order valence-electron chi connectivity index (χ3n) is 4.62. The lowest BCUT2D eigenvalue weighted by Crippen LogP contribution is -2.27. The Bertz CT molecular complexity index is 1020. The van der Waals surface area contributed by atoms with E-state index in [1.807, 2.05) is 0 Å². The summed E-state index contributed by atoms with van der Waals surface area (Å²) in [6, 6.07) is 16.9. The fourth-order valence-electron chi connectivity index (χ4n) is 3.00. The second kappa shape index (κ2) is 11.0. The maximum Gasteiger partial charge on any atom is 0.303 e. The van der Waals surface area contributed by atoms with Crippen LogP contribution < -0.4 is 4.74 Å². The fourth-order valence-corrected chi connectivity index (χ4v) is 3.00. The molecule has 31 heavy (non-hydrogen) atoms. The van der Waals surface area contributed by atoms with Gasteiger partial charge in [0, 0.05) is 23.1 Å². The van der Waals surface area contributed by atoms with Crippen LogP contribution >= 0.6 is 0 Å². The number of nitrogens with zero attached hydrogens (tertiary/aromatic N) is 1. The molecule has 0 saturated heterocycles. The molecule has 1 atom stereocenters. The van der Waals surface area contributed by atoms with Crippen molar-refractivity contribution in [3.05, 3.63) is 78.1 Å². The molecule has 0 spiro atoms. The van der Waals surface area contributed by atoms with E-state index in [1.165, 1.54) is 0 Å². The van der Waals surface area contributed by atoms with E-state index in [4.69, 9.17) is 15.6 Å². The Labute approximate surface area is 181 Å². The van der Waals surface area contributed by atoms with Gasteiger partial charge in [-0.25, -0.2) is 5.06 Å². The Hall–Kier alpha value is -3.58. The van der Waals surface area contributed by atoms with Gasteiger partial charge in [0.2, 0.25) is 0 Å². The van der Waals surface area contributed by atoms with Crippen LogP contribution in [0.1, 0.15) is 43.0 Å². The van der Waals surface area contributed by atoms with Crippen LogP contribution in [0.2, 0.25) is 0 Å². The summed E-state index contributed by atoms with van der Waals surface area (Å²) in [5.41, 5.74) is 1.37. The molecule has 0 bridgehead atoms. The van der Waals surface area contributed by atoms with Gasteiger partial charge in [-0.1, -0.05) is 30.3 Å². The van der Waals surface area contributed by atoms with Crippen molar-refractivity contribution in [1.29, 1.82) is 0 Å². The number of furan rings is 1. The largest absolute Gasteiger partial charge is 0.493 e. The van der Waals surface area contributed by atoms with Crippen LogP contribution in [0.3, 0.4) is 0 Å². The summed E-state index contributed by atoms with van der Waals surface area (Å²) in [6.45, 7) is -1.03. The van der Waals surface area contributed by atoms with E-state index >= 15 is 0 Å². The van der Waals surface area contributed by atoms with Gasteiger partial charge in [0.1, 0.15) is 11.5 Å². The molecule has 0 fully saturated rings. The van der Waals surface area contributed by atoms with Crippen LogP contribution in [0.5, 0.6) is 5.75 Å². The predicted molar refractivity (Wildman–Crippen MR) is 114 cm³/mol. The number of carbonyl (C=O) groups is 2. The van der Waals surface area contributed by atoms with Crippen LogP contribution in [-0.4, -0.2) is 33.9 Å². The topological polar surface area (TPSA) is 100 Å². The summed E-state index contributed by atoms with van der Waals surface area (Å²) in [6.07, 6.45) is 3.62. The Kier molecular flexibility index (Phi) is 7.33. The number of hydrogen-bond donors (Lipinski definition) is 2. The van der Waals surface area contributed by atoms with Crippen molar-refractivity contribution in [2.75, 3.05) is 6.61 Å². The van der Waals surface area contributed by atoms with Gasteiger partial charge in [-0.2, -0.15) is 0 Å². The van der Waals surface area contributed by atoms with Crippen LogP contribution in [0.15, 0.2) is 71.3 Å². The average Bonchev–Trinajstić information content (AvgIpc) is 3.35. The minimum atomic E-state index is -1.38. The number of aliphatic carboxylic acids is 1. The van der Waals surface area contributed by atoms with Crippen molar-refractivity contribution in [3.8, 4) is 17.1 Å². The maximum atomic E-state index is 12.7. The van der Waals surface area contributed by atoms with E-state index in [0.717, 1.165) is 5.56 Å². The first kappa shape index (κ1) is 20.7. The molecule has 0 aliphatic rings. The lowest BCUT2D eigenvalue weighted by molar-refractivity contribution is -0.137. The van der Waals surface area contributed by atoms with E-state index < -0.39 is 18.4 Å². The van der Waals surface area contributed by atoms with Gasteiger partial charge in [0.05, 0.1) is 20.8 Å². The molecule has 0 aliphatic carbocycles. The van der Waals surface area contributed by atoms with Gasteiger partial charge in [-0.15, -0.1) is 0 Å². The second-order valence-electron chi connectivity index (χ2n) is 6.92. The molecule has 3 rings (SSSR count). The van der Waals surface area contributed by atoms with Gasteiger partial charge in [-0.3, -0.25) is 14.8 Å². The fraction of sp³-hybridized carbons (Fsp3) is 0.250. The van der Waals surface area contributed by atoms with Crippen LogP contribution in [0, 0.1) is 0 Å². The van der Waals surface area contributed by atoms with Crippen molar-refractivity contribution < 1.29 is 30.4 Å². The summed E-state index contributed by atoms with van der Waals surface area (Å²) in [4.78, 5) is 23.3. The summed E-state index contributed by atoms with van der Waals surface area (Å²) in [5.74, 6) is -0.473. The van der Waals surface area contributed by atoms with Crippen molar-refractivity contribution in [3.63, 3.8) is 0 Å². The van der Waals surface area contributed by atoms with Crippen LogP contribution in [-0.2, 0) is 11.3 Å². The Morgan fingerprint density at radius 1 is 1.00 bits per heavy atom. The summed E-state index contributed by atoms with van der Waals surface area (Å²) in [5, 5.41) is 19.5. The maximum absolute atomic E-state index is 12.7. The lowest BCUT2D eigenvalue weighted by Gasteiger charge is -2.18. The number of benzene rings is 2. The zero-order valence-corrected chi connectivity index (χ0v) is 16.9. The molecule has 3 aromatic rings. The number of hydroxylamine groups is 2. The molecule has 2 aromatic carbocycles. The molecule has 1 heterocycles. The van der Waals surface area contributed by atoms with Gasteiger partial charge in [0.15, 0.2) is 0 Å². The first-order valence-electron chi connectivity index (χ1n) is 10.6. The normalized spacial score (nSPS) is 12.1. The molecule has 7 heteroatoms. The number of carbonyl (C=O) groups excluding carboxylic acids is 1. The van der Waals surface area contributed by atoms with Crippen LogP contribution in [0.4, 0.5) is 0 Å². The highest BCUT2D eigenvalue weighted by atomic mass is 16.5. The molecular weight excluding hydrogens is 398 g/mol. The number of ether oxygens (including phenoxy) is 1. The monoisotopic (exact) mass is 424 g/mol. The molecule has 2 N–H and O–H groups in total. The van der Waals surface area contributed by atoms with Crippen molar-refractivity contribution in [2.24, 2.45) is 0 Å². The number of hydrogen-bond acceptors (Lipinski definition) is 5. The first-order chi connectivity index (χ1) is 15.5. The van der Waals surface area contributed by atoms with Crippen molar-refractivity contribution >= 4 is 11.9 Å². The molecule has 7 nitrogen and oxygen atoms in total. The number of carboxylic acid groups (broad SMARTS) is 1. The predicted octanol–water partition coefficient (Wildman–Crippen LogP) is 5.00. The second-order valence-corrected chi connectivity index (χ2v) is 6.92. The Morgan fingerprint density at radius 3 is 2.48 bits per heavy atom. The van der Waals surface area contributed by atoms with E-state index in [9.17, 15) is 14.8 Å². The number of rotatable bonds is 11. The van der Waals surface area contributed by atoms with Crippen molar-refractivity contribution in [2.45, 2.75) is 32.2 Å². The molecule has 162 valence electrons. The van der Waals surface area contributed by atoms with Crippen LogP contribution in [0.25, 0.3) is 11.3 Å². The van der Waals surface area contributed by atoms with Crippen molar-refractivity contribution in [1.82, 2.24) is 5.06 Å². The highest BCUT2D eigenvalue weighted by molar-refractivity contribution is 5.93. The highest BCUT2D eigenvalue weighted by Gasteiger charge is 2.16. The minimum Gasteiger partial charge on any atom is -0.493 e. The third-order valence-corrected chi connectivity index (χ3v) is 4.62. The smallest absolute Gasteiger partial charge is 0.303 e. The van der Waals surface area contributed by atoms with Gasteiger partial charge in [0.25, 0.3) is 5.91 Å². The van der Waals surface area contributed by atoms with E-state index in [0.29, 0.717) is 48.0 Å². The summed E-state index contributed by atoms with van der Waals surface area (Å²) in [7, 11) is 0. The van der Waals surface area contributed by atoms with E-state index in [-0.39, 0.29) is 12.0 Å². The van der Waals surface area contributed by atoms with E-state index in [2.05, 4.69) is 0 Å². The first-order valence-corrected chi connectivity index (χ1v) is 9.99. The molecule has 0 aliphatic heterocycles. The molecule has 1 aromatic heterocycles. The summed E-state index contributed by atoms with van der Waals surface area (Å²) < 4.78 is 19.4. The lowest BCUT2D eigenvalue weighted by atomic mass is 10.1. The number of unbranched alkanes of at least 4 members (excludes halogenated alkanes) is 2. The third kappa shape index (κ3) is 6.45. The van der Waals surface area contributed by atoms with Gasteiger partial charge in [-0.05, 0) is 49.6 Å².